The van der Waals surface area contributed by atoms with Crippen LogP contribution in [0, 0.1) is 5.92 Å². The largest absolute Gasteiger partial charge is 0.385 e. The third-order valence-corrected chi connectivity index (χ3v) is 5.68. The van der Waals surface area contributed by atoms with Gasteiger partial charge in [-0.15, -0.1) is 0 Å². The summed E-state index contributed by atoms with van der Waals surface area (Å²) in [5.41, 5.74) is 0. The van der Waals surface area contributed by atoms with Gasteiger partial charge in [0.1, 0.15) is 0 Å². The Bertz CT molecular complexity index is 294. The van der Waals surface area contributed by atoms with Crippen LogP contribution in [0.15, 0.2) is 0 Å². The molecular weight excluding hydrogens is 294 g/mol. The van der Waals surface area contributed by atoms with Crippen LogP contribution in [0.1, 0.15) is 19.3 Å². The van der Waals surface area contributed by atoms with E-state index in [1.165, 1.54) is 0 Å². The van der Waals surface area contributed by atoms with E-state index in [4.69, 9.17) is 4.74 Å². The van der Waals surface area contributed by atoms with Crippen molar-refractivity contribution in [1.82, 2.24) is 4.31 Å². The van der Waals surface area contributed by atoms with E-state index in [1.807, 2.05) is 0 Å². The van der Waals surface area contributed by atoms with E-state index in [0.717, 1.165) is 18.2 Å². The van der Waals surface area contributed by atoms with Crippen molar-refractivity contribution in [1.29, 1.82) is 0 Å². The summed E-state index contributed by atoms with van der Waals surface area (Å²) in [6.45, 7) is 1.86. The summed E-state index contributed by atoms with van der Waals surface area (Å²) in [6, 6.07) is 0. The van der Waals surface area contributed by atoms with Crippen molar-refractivity contribution in [3.63, 3.8) is 0 Å². The molecule has 6 heteroatoms. The molecule has 0 bridgehead atoms. The van der Waals surface area contributed by atoms with E-state index in [0.29, 0.717) is 32.0 Å². The van der Waals surface area contributed by atoms with Crippen LogP contribution in [0.4, 0.5) is 0 Å². The van der Waals surface area contributed by atoms with Crippen molar-refractivity contribution >= 4 is 26.0 Å². The van der Waals surface area contributed by atoms with Crippen LogP contribution in [0.2, 0.25) is 0 Å². The minimum Gasteiger partial charge on any atom is -0.385 e. The summed E-state index contributed by atoms with van der Waals surface area (Å²) in [4.78, 5) is 0. The summed E-state index contributed by atoms with van der Waals surface area (Å²) in [5.74, 6) is 0.668. The molecule has 0 aliphatic carbocycles. The molecule has 4 nitrogen and oxygen atoms in total. The van der Waals surface area contributed by atoms with Gasteiger partial charge in [0.15, 0.2) is 0 Å². The highest BCUT2D eigenvalue weighted by atomic mass is 79.9. The van der Waals surface area contributed by atoms with Gasteiger partial charge in [-0.1, -0.05) is 15.9 Å². The first-order valence-corrected chi connectivity index (χ1v) is 8.36. The number of alkyl halides is 1. The smallest absolute Gasteiger partial charge is 0.214 e. The van der Waals surface area contributed by atoms with Crippen LogP contribution in [0.3, 0.4) is 0 Å². The fourth-order valence-electron chi connectivity index (χ4n) is 1.92. The first-order valence-electron chi connectivity index (χ1n) is 5.63. The van der Waals surface area contributed by atoms with E-state index in [-0.39, 0.29) is 5.75 Å². The molecule has 0 aromatic carbocycles. The molecule has 1 unspecified atom stereocenters. The van der Waals surface area contributed by atoms with Gasteiger partial charge in [-0.05, 0) is 25.2 Å². The monoisotopic (exact) mass is 313 g/mol. The average Bonchev–Trinajstić information content (AvgIpc) is 2.29. The Labute approximate surface area is 107 Å². The van der Waals surface area contributed by atoms with Crippen LogP contribution in [-0.2, 0) is 14.8 Å². The molecule has 1 fully saturated rings. The molecule has 0 aromatic rings. The number of rotatable bonds is 6. The molecule has 1 aliphatic rings. The van der Waals surface area contributed by atoms with Crippen molar-refractivity contribution in [2.75, 3.05) is 37.9 Å². The van der Waals surface area contributed by atoms with Gasteiger partial charge < -0.3 is 4.74 Å². The van der Waals surface area contributed by atoms with Crippen LogP contribution in [0.5, 0.6) is 0 Å². The Kier molecular flexibility index (Phi) is 6.25. The lowest BCUT2D eigenvalue weighted by molar-refractivity contribution is 0.198. The zero-order valence-electron chi connectivity index (χ0n) is 9.69. The van der Waals surface area contributed by atoms with Crippen molar-refractivity contribution in [3.8, 4) is 0 Å². The third kappa shape index (κ3) is 4.31. The zero-order chi connectivity index (χ0) is 12.0. The summed E-state index contributed by atoms with van der Waals surface area (Å²) in [7, 11) is -1.47. The number of ether oxygens (including phenoxy) is 1. The Morgan fingerprint density at radius 1 is 1.50 bits per heavy atom. The van der Waals surface area contributed by atoms with E-state index in [2.05, 4.69) is 15.9 Å². The van der Waals surface area contributed by atoms with Crippen LogP contribution in [0.25, 0.3) is 0 Å². The van der Waals surface area contributed by atoms with Gasteiger partial charge in [0.25, 0.3) is 0 Å². The van der Waals surface area contributed by atoms with Gasteiger partial charge in [0, 0.05) is 32.1 Å². The fraction of sp³-hybridized carbons (Fsp3) is 1.00. The molecule has 1 aliphatic heterocycles. The van der Waals surface area contributed by atoms with Crippen LogP contribution >= 0.6 is 15.9 Å². The number of piperidine rings is 1. The normalized spacial score (nSPS) is 23.5. The fourth-order valence-corrected chi connectivity index (χ4v) is 4.03. The molecule has 16 heavy (non-hydrogen) atoms. The topological polar surface area (TPSA) is 46.6 Å². The lowest BCUT2D eigenvalue weighted by atomic mass is 10.0. The maximum absolute atomic E-state index is 12.0. The highest BCUT2D eigenvalue weighted by Crippen LogP contribution is 2.21. The SMILES string of the molecule is COCCCS(=O)(=O)N1CCCC(CBr)C1. The molecule has 0 amide bonds. The van der Waals surface area contributed by atoms with E-state index in [9.17, 15) is 8.42 Å². The summed E-state index contributed by atoms with van der Waals surface area (Å²) >= 11 is 3.43. The second-order valence-corrected chi connectivity index (χ2v) is 6.92. The Morgan fingerprint density at radius 3 is 2.88 bits per heavy atom. The predicted molar refractivity (Wildman–Crippen MR) is 68.4 cm³/mol. The van der Waals surface area contributed by atoms with Crippen molar-refractivity contribution < 1.29 is 13.2 Å². The van der Waals surface area contributed by atoms with Crippen molar-refractivity contribution in [3.05, 3.63) is 0 Å². The lowest BCUT2D eigenvalue weighted by Gasteiger charge is -2.31. The highest BCUT2D eigenvalue weighted by Gasteiger charge is 2.27. The molecule has 1 atom stereocenters. The molecule has 0 radical (unpaired) electrons. The van der Waals surface area contributed by atoms with Gasteiger partial charge in [0.05, 0.1) is 5.75 Å². The number of hydrogen-bond acceptors (Lipinski definition) is 3. The second-order valence-electron chi connectivity index (χ2n) is 4.18. The second kappa shape index (κ2) is 6.93. The number of nitrogens with zero attached hydrogens (tertiary/aromatic N) is 1. The van der Waals surface area contributed by atoms with E-state index < -0.39 is 10.0 Å². The first kappa shape index (κ1) is 14.4. The quantitative estimate of drug-likeness (QED) is 0.551. The minimum atomic E-state index is -3.07. The third-order valence-electron chi connectivity index (χ3n) is 2.84. The molecule has 1 rings (SSSR count). The van der Waals surface area contributed by atoms with Crippen molar-refractivity contribution in [2.45, 2.75) is 19.3 Å². The number of hydrogen-bond donors (Lipinski definition) is 0. The van der Waals surface area contributed by atoms with E-state index in [1.54, 1.807) is 11.4 Å². The summed E-state index contributed by atoms with van der Waals surface area (Å²) in [5, 5.41) is 0.886. The predicted octanol–water partition coefficient (Wildman–Crippen LogP) is 1.46. The molecule has 0 saturated carbocycles. The molecule has 0 spiro atoms. The van der Waals surface area contributed by atoms with Gasteiger partial charge in [-0.3, -0.25) is 0 Å². The average molecular weight is 314 g/mol. The highest BCUT2D eigenvalue weighted by molar-refractivity contribution is 9.09. The Hall–Kier alpha value is 0.350. The van der Waals surface area contributed by atoms with Crippen LogP contribution < -0.4 is 0 Å². The molecule has 1 saturated heterocycles. The van der Waals surface area contributed by atoms with Crippen molar-refractivity contribution in [2.24, 2.45) is 5.92 Å². The number of halogens is 1. The summed E-state index contributed by atoms with van der Waals surface area (Å²) < 4.78 is 30.5. The molecule has 0 N–H and O–H groups in total. The Balaban J connectivity index is 2.47. The summed E-state index contributed by atoms with van der Waals surface area (Å²) in [6.07, 6.45) is 2.67. The van der Waals surface area contributed by atoms with E-state index >= 15 is 0 Å². The van der Waals surface area contributed by atoms with Gasteiger partial charge in [-0.25, -0.2) is 12.7 Å². The first-order chi connectivity index (χ1) is 7.60. The molecule has 0 aromatic heterocycles. The Morgan fingerprint density at radius 2 is 2.25 bits per heavy atom. The molecular formula is C10H20BrNO3S. The maximum Gasteiger partial charge on any atom is 0.214 e. The zero-order valence-corrected chi connectivity index (χ0v) is 12.1. The van der Waals surface area contributed by atoms with Gasteiger partial charge in [0.2, 0.25) is 10.0 Å². The number of methoxy groups -OCH3 is 1. The number of sulfonamides is 1. The molecule has 1 heterocycles. The van der Waals surface area contributed by atoms with Crippen LogP contribution in [-0.4, -0.2) is 50.6 Å². The minimum absolute atomic E-state index is 0.204. The maximum atomic E-state index is 12.0. The lowest BCUT2D eigenvalue weighted by Crippen LogP contribution is -2.41. The molecule has 96 valence electrons. The van der Waals surface area contributed by atoms with Gasteiger partial charge in [-0.2, -0.15) is 0 Å². The standard InChI is InChI=1S/C10H20BrNO3S/c1-15-6-3-7-16(13,14)12-5-2-4-10(8-11)9-12/h10H,2-9H2,1H3. The van der Waals surface area contributed by atoms with Gasteiger partial charge >= 0.3 is 0 Å².